The Labute approximate surface area is 245 Å². The lowest BCUT2D eigenvalue weighted by atomic mass is 10.1. The Kier molecular flexibility index (Phi) is 8.15. The number of nitrogens with one attached hydrogen (secondary N) is 1. The molecule has 1 aliphatic heterocycles. The monoisotopic (exact) mass is 609 g/mol. The van der Waals surface area contributed by atoms with Crippen LogP contribution in [-0.2, 0) is 33.3 Å². The molecule has 0 aromatic heterocycles. The van der Waals surface area contributed by atoms with E-state index in [1.165, 1.54) is 24.3 Å². The van der Waals surface area contributed by atoms with Gasteiger partial charge in [0.1, 0.15) is 0 Å². The number of anilines is 4. The molecule has 42 heavy (non-hydrogen) atoms. The van der Waals surface area contributed by atoms with E-state index in [2.05, 4.69) is 15.1 Å². The summed E-state index contributed by atoms with van der Waals surface area (Å²) in [7, 11) is -8.59. The zero-order chi connectivity index (χ0) is 30.1. The van der Waals surface area contributed by atoms with Crippen LogP contribution in [0.5, 0.6) is 11.5 Å². The molecule has 3 N–H and O–H groups in total. The quantitative estimate of drug-likeness (QED) is 0.160. The maximum atomic E-state index is 11.6. The molecule has 10 nitrogen and oxygen atoms in total. The highest BCUT2D eigenvalue weighted by atomic mass is 32.2. The van der Waals surface area contributed by atoms with Gasteiger partial charge in [-0.2, -0.15) is 16.8 Å². The summed E-state index contributed by atoms with van der Waals surface area (Å²) in [5, 5.41) is 3.41. The minimum atomic E-state index is -4.29. The van der Waals surface area contributed by atoms with Gasteiger partial charge >= 0.3 is 0 Å². The average molecular weight is 610 g/mol. The number of nitrogens with zero attached hydrogens (tertiary/aromatic N) is 2. The average Bonchev–Trinajstić information content (AvgIpc) is 2.96. The third-order valence-electron chi connectivity index (χ3n) is 7.05. The van der Waals surface area contributed by atoms with E-state index in [0.29, 0.717) is 37.7 Å². The summed E-state index contributed by atoms with van der Waals surface area (Å²) >= 11 is 0. The van der Waals surface area contributed by atoms with E-state index in [0.717, 1.165) is 33.9 Å². The Morgan fingerprint density at radius 2 is 1.07 bits per heavy atom. The normalized spacial score (nSPS) is 12.5. The summed E-state index contributed by atoms with van der Waals surface area (Å²) in [6.07, 6.45) is 0. The van der Waals surface area contributed by atoms with Crippen LogP contribution in [-0.4, -0.2) is 39.0 Å². The Morgan fingerprint density at radius 3 is 1.45 bits per heavy atom. The van der Waals surface area contributed by atoms with Gasteiger partial charge in [0.25, 0.3) is 20.2 Å². The topological polar surface area (TPSA) is 136 Å². The predicted octanol–water partition coefficient (Wildman–Crippen LogP) is 6.08. The van der Waals surface area contributed by atoms with Crippen molar-refractivity contribution >= 4 is 43.0 Å². The van der Waals surface area contributed by atoms with Crippen LogP contribution in [0.2, 0.25) is 0 Å². The zero-order valence-corrected chi connectivity index (χ0v) is 24.7. The Balaban J connectivity index is 1.36. The van der Waals surface area contributed by atoms with Gasteiger partial charge in [0.05, 0.1) is 21.2 Å². The van der Waals surface area contributed by atoms with Crippen LogP contribution in [0.25, 0.3) is 0 Å². The number of hydrogen-bond acceptors (Lipinski definition) is 8. The summed E-state index contributed by atoms with van der Waals surface area (Å²) < 4.78 is 71.5. The van der Waals surface area contributed by atoms with E-state index in [1.54, 1.807) is 12.1 Å². The van der Waals surface area contributed by atoms with E-state index >= 15 is 0 Å². The highest BCUT2D eigenvalue weighted by Gasteiger charge is 2.20. The van der Waals surface area contributed by atoms with Crippen molar-refractivity contribution in [3.63, 3.8) is 0 Å². The third-order valence-corrected chi connectivity index (χ3v) is 8.75. The highest BCUT2D eigenvalue weighted by molar-refractivity contribution is 7.86. The summed E-state index contributed by atoms with van der Waals surface area (Å²) in [6, 6.07) is 24.1. The van der Waals surface area contributed by atoms with Crippen molar-refractivity contribution in [2.75, 3.05) is 28.2 Å². The first kappa shape index (κ1) is 29.4. The van der Waals surface area contributed by atoms with Crippen molar-refractivity contribution in [2.24, 2.45) is 0 Å². The van der Waals surface area contributed by atoms with Gasteiger partial charge in [-0.3, -0.25) is 9.11 Å². The molecule has 0 fully saturated rings. The second kappa shape index (κ2) is 11.6. The second-order valence-corrected chi connectivity index (χ2v) is 12.7. The summed E-state index contributed by atoms with van der Waals surface area (Å²) in [6.45, 7) is 6.14. The molecule has 0 saturated carbocycles. The maximum absolute atomic E-state index is 11.6. The van der Waals surface area contributed by atoms with Gasteiger partial charge in [-0.15, -0.1) is 0 Å². The van der Waals surface area contributed by atoms with E-state index in [-0.39, 0.29) is 9.79 Å². The lowest BCUT2D eigenvalue weighted by molar-refractivity contribution is 0.481. The molecule has 0 atom stereocenters. The fourth-order valence-electron chi connectivity index (χ4n) is 4.88. The van der Waals surface area contributed by atoms with E-state index in [9.17, 15) is 25.9 Å². The SMILES string of the molecule is CCN(Cc1cccc(S(=O)(=O)O)c1)c1ccc2c(c1)Oc1cc(N(CC)Cc3cccc(S(=O)(=O)O)c3)ccc1N2. The maximum Gasteiger partial charge on any atom is 0.294 e. The van der Waals surface area contributed by atoms with Crippen LogP contribution in [0.3, 0.4) is 0 Å². The minimum absolute atomic E-state index is 0.145. The van der Waals surface area contributed by atoms with Crippen molar-refractivity contribution in [3.05, 3.63) is 96.1 Å². The van der Waals surface area contributed by atoms with Crippen molar-refractivity contribution in [3.8, 4) is 11.5 Å². The van der Waals surface area contributed by atoms with Gasteiger partial charge in [-0.05, 0) is 73.5 Å². The van der Waals surface area contributed by atoms with Crippen LogP contribution in [0.15, 0.2) is 94.7 Å². The molecule has 0 amide bonds. The molecule has 5 rings (SSSR count). The van der Waals surface area contributed by atoms with Gasteiger partial charge in [-0.25, -0.2) is 0 Å². The first-order valence-electron chi connectivity index (χ1n) is 13.3. The molecule has 0 spiro atoms. The highest BCUT2D eigenvalue weighted by Crippen LogP contribution is 2.45. The molecule has 4 aromatic rings. The fourth-order valence-corrected chi connectivity index (χ4v) is 5.98. The molecule has 12 heteroatoms. The van der Waals surface area contributed by atoms with Crippen LogP contribution < -0.4 is 19.9 Å². The van der Waals surface area contributed by atoms with Crippen LogP contribution in [0.1, 0.15) is 25.0 Å². The lowest BCUT2D eigenvalue weighted by Gasteiger charge is -2.29. The Morgan fingerprint density at radius 1 is 0.643 bits per heavy atom. The molecule has 4 aromatic carbocycles. The second-order valence-electron chi connectivity index (χ2n) is 9.86. The lowest BCUT2D eigenvalue weighted by Crippen LogP contribution is -2.22. The fraction of sp³-hybridized carbons (Fsp3) is 0.200. The van der Waals surface area contributed by atoms with E-state index in [1.807, 2.05) is 62.4 Å². The van der Waals surface area contributed by atoms with Crippen molar-refractivity contribution < 1.29 is 30.7 Å². The molecule has 220 valence electrons. The van der Waals surface area contributed by atoms with E-state index in [4.69, 9.17) is 4.74 Å². The first-order chi connectivity index (χ1) is 19.9. The molecular formula is C30H31N3O7S2. The standard InChI is InChI=1S/C30H31N3O7S2/c1-3-32(19-21-7-5-9-25(15-21)41(34,35)36)23-11-13-27-29(17-23)40-30-18-24(12-14-28(30)31-27)33(4-2)20-22-8-6-10-26(16-22)42(37,38)39/h5-18,31H,3-4,19-20H2,1-2H3,(H,34,35,36)(H,37,38,39). The van der Waals surface area contributed by atoms with Crippen LogP contribution in [0, 0.1) is 0 Å². The summed E-state index contributed by atoms with van der Waals surface area (Å²) in [5.74, 6) is 1.26. The number of benzene rings is 4. The van der Waals surface area contributed by atoms with Crippen molar-refractivity contribution in [2.45, 2.75) is 36.7 Å². The molecule has 0 saturated heterocycles. The Hall–Kier alpha value is -4.10. The third kappa shape index (κ3) is 6.52. The Bertz CT molecular complexity index is 1710. The van der Waals surface area contributed by atoms with Gasteiger partial charge in [0.2, 0.25) is 0 Å². The van der Waals surface area contributed by atoms with Gasteiger partial charge in [0, 0.05) is 49.7 Å². The predicted molar refractivity (Wildman–Crippen MR) is 162 cm³/mol. The molecule has 0 radical (unpaired) electrons. The van der Waals surface area contributed by atoms with Crippen molar-refractivity contribution in [1.29, 1.82) is 0 Å². The summed E-state index contributed by atoms with van der Waals surface area (Å²) in [5.41, 5.74) is 4.84. The molecule has 1 aliphatic rings. The number of rotatable bonds is 10. The smallest absolute Gasteiger partial charge is 0.294 e. The number of hydrogen-bond donors (Lipinski definition) is 3. The molecule has 0 bridgehead atoms. The zero-order valence-electron chi connectivity index (χ0n) is 23.1. The number of fused-ring (bicyclic) bond motifs is 2. The largest absolute Gasteiger partial charge is 0.453 e. The van der Waals surface area contributed by atoms with Crippen LogP contribution >= 0.6 is 0 Å². The number of ether oxygens (including phenoxy) is 1. The summed E-state index contributed by atoms with van der Waals surface area (Å²) in [4.78, 5) is 3.85. The van der Waals surface area contributed by atoms with Crippen molar-refractivity contribution in [1.82, 2.24) is 0 Å². The molecule has 0 aliphatic carbocycles. The van der Waals surface area contributed by atoms with Gasteiger partial charge in [-0.1, -0.05) is 24.3 Å². The first-order valence-corrected chi connectivity index (χ1v) is 16.2. The minimum Gasteiger partial charge on any atom is -0.453 e. The van der Waals surface area contributed by atoms with Crippen LogP contribution in [0.4, 0.5) is 22.7 Å². The van der Waals surface area contributed by atoms with Gasteiger partial charge < -0.3 is 19.9 Å². The van der Waals surface area contributed by atoms with Gasteiger partial charge in [0.15, 0.2) is 11.5 Å². The molecular weight excluding hydrogens is 578 g/mol. The van der Waals surface area contributed by atoms with E-state index < -0.39 is 20.2 Å². The molecule has 1 heterocycles. The molecule has 0 unspecified atom stereocenters.